The normalized spacial score (nSPS) is 14.6. The van der Waals surface area contributed by atoms with E-state index >= 15 is 0 Å². The molecule has 80 valence electrons. The molecule has 13 heavy (non-hydrogen) atoms. The van der Waals surface area contributed by atoms with E-state index in [4.69, 9.17) is 0 Å². The van der Waals surface area contributed by atoms with Crippen molar-refractivity contribution in [2.75, 3.05) is 0 Å². The van der Waals surface area contributed by atoms with E-state index in [2.05, 4.69) is 0 Å². The van der Waals surface area contributed by atoms with Crippen molar-refractivity contribution in [2.45, 2.75) is 63.9 Å². The number of rotatable bonds is 3. The molecule has 0 aliphatic carbocycles. The summed E-state index contributed by atoms with van der Waals surface area (Å²) in [6.45, 7) is 11.0. The summed E-state index contributed by atoms with van der Waals surface area (Å²) in [7, 11) is -3.04. The molecule has 0 aliphatic rings. The van der Waals surface area contributed by atoms with Gasteiger partial charge in [-0.15, -0.1) is 0 Å². The molecular formula is C10H22O2S. The molecule has 0 aromatic rings. The van der Waals surface area contributed by atoms with Gasteiger partial charge in [0.15, 0.2) is 9.84 Å². The highest BCUT2D eigenvalue weighted by Crippen LogP contribution is 2.33. The zero-order valence-corrected chi connectivity index (χ0v) is 10.5. The second-order valence-electron chi connectivity index (χ2n) is 4.77. The molecule has 0 N–H and O–H groups in total. The average Bonchev–Trinajstić information content (AvgIpc) is 2.00. The quantitative estimate of drug-likeness (QED) is 0.711. The Morgan fingerprint density at radius 3 is 1.31 bits per heavy atom. The van der Waals surface area contributed by atoms with Gasteiger partial charge in [-0.3, -0.25) is 0 Å². The standard InChI is InChI=1S/C10H22O2S/c1-7-10(6,8-2)13(11,12)9(3,4)5/h7-8H2,1-6H3. The van der Waals surface area contributed by atoms with Crippen LogP contribution in [0.15, 0.2) is 0 Å². The van der Waals surface area contributed by atoms with Gasteiger partial charge >= 0.3 is 0 Å². The topological polar surface area (TPSA) is 34.1 Å². The highest BCUT2D eigenvalue weighted by atomic mass is 32.2. The number of hydrogen-bond donors (Lipinski definition) is 0. The van der Waals surface area contributed by atoms with Crippen LogP contribution in [0.3, 0.4) is 0 Å². The van der Waals surface area contributed by atoms with E-state index in [-0.39, 0.29) is 0 Å². The number of hydrogen-bond acceptors (Lipinski definition) is 2. The molecule has 0 atom stereocenters. The van der Waals surface area contributed by atoms with Crippen LogP contribution in [0, 0.1) is 0 Å². The van der Waals surface area contributed by atoms with Crippen LogP contribution in [0.5, 0.6) is 0 Å². The largest absolute Gasteiger partial charge is 0.228 e. The summed E-state index contributed by atoms with van der Waals surface area (Å²) >= 11 is 0. The van der Waals surface area contributed by atoms with E-state index in [9.17, 15) is 8.42 Å². The van der Waals surface area contributed by atoms with Gasteiger partial charge in [0.2, 0.25) is 0 Å². The van der Waals surface area contributed by atoms with Crippen LogP contribution in [0.1, 0.15) is 54.4 Å². The molecule has 0 spiro atoms. The van der Waals surface area contributed by atoms with Crippen molar-refractivity contribution >= 4 is 9.84 Å². The summed E-state index contributed by atoms with van der Waals surface area (Å²) in [4.78, 5) is 0. The first kappa shape index (κ1) is 12.9. The van der Waals surface area contributed by atoms with Crippen molar-refractivity contribution in [1.82, 2.24) is 0 Å². The fourth-order valence-electron chi connectivity index (χ4n) is 1.37. The predicted molar refractivity (Wildman–Crippen MR) is 57.7 cm³/mol. The van der Waals surface area contributed by atoms with Crippen molar-refractivity contribution in [2.24, 2.45) is 0 Å². The minimum Gasteiger partial charge on any atom is -0.228 e. The molecule has 2 nitrogen and oxygen atoms in total. The van der Waals surface area contributed by atoms with Crippen LogP contribution in [0.4, 0.5) is 0 Å². The fraction of sp³-hybridized carbons (Fsp3) is 1.00. The van der Waals surface area contributed by atoms with Gasteiger partial charge in [0.05, 0.1) is 9.49 Å². The van der Waals surface area contributed by atoms with Crippen molar-refractivity contribution in [3.05, 3.63) is 0 Å². The van der Waals surface area contributed by atoms with Crippen LogP contribution >= 0.6 is 0 Å². The van der Waals surface area contributed by atoms with Gasteiger partial charge in [0.1, 0.15) is 0 Å². The van der Waals surface area contributed by atoms with Crippen molar-refractivity contribution in [3.63, 3.8) is 0 Å². The third kappa shape index (κ3) is 2.06. The molecule has 0 unspecified atom stereocenters. The van der Waals surface area contributed by atoms with Gasteiger partial charge in [-0.05, 0) is 40.5 Å². The first-order chi connectivity index (χ1) is 5.62. The Kier molecular flexibility index (Phi) is 3.59. The van der Waals surface area contributed by atoms with Crippen LogP contribution in [0.25, 0.3) is 0 Å². The van der Waals surface area contributed by atoms with Crippen LogP contribution < -0.4 is 0 Å². The monoisotopic (exact) mass is 206 g/mol. The Bertz CT molecular complexity index is 253. The molecule has 3 heteroatoms. The molecule has 0 amide bonds. The molecule has 0 aromatic heterocycles. The maximum absolute atomic E-state index is 12.1. The Morgan fingerprint density at radius 1 is 0.923 bits per heavy atom. The summed E-state index contributed by atoms with van der Waals surface area (Å²) < 4.78 is 23.1. The van der Waals surface area contributed by atoms with Gasteiger partial charge in [-0.1, -0.05) is 13.8 Å². The predicted octanol–water partition coefficient (Wildman–Crippen LogP) is 2.78. The molecule has 0 fully saturated rings. The second kappa shape index (κ2) is 3.60. The minimum absolute atomic E-state index is 0.564. The molecule has 0 saturated heterocycles. The maximum atomic E-state index is 12.1. The van der Waals surface area contributed by atoms with E-state index in [1.54, 1.807) is 20.8 Å². The van der Waals surface area contributed by atoms with Gasteiger partial charge in [0, 0.05) is 0 Å². The van der Waals surface area contributed by atoms with Crippen LogP contribution in [-0.4, -0.2) is 17.9 Å². The van der Waals surface area contributed by atoms with Crippen LogP contribution in [-0.2, 0) is 9.84 Å². The number of sulfone groups is 1. The van der Waals surface area contributed by atoms with Gasteiger partial charge < -0.3 is 0 Å². The molecule has 0 rings (SSSR count). The SMILES string of the molecule is CCC(C)(CC)S(=O)(=O)C(C)(C)C. The van der Waals surface area contributed by atoms with Gasteiger partial charge in [-0.2, -0.15) is 0 Å². The van der Waals surface area contributed by atoms with Crippen molar-refractivity contribution in [3.8, 4) is 0 Å². The highest BCUT2D eigenvalue weighted by molar-refractivity contribution is 7.94. The van der Waals surface area contributed by atoms with E-state index in [0.717, 1.165) is 0 Å². The zero-order valence-electron chi connectivity index (χ0n) is 9.64. The molecule has 0 bridgehead atoms. The molecule has 0 saturated carbocycles. The second-order valence-corrected chi connectivity index (χ2v) is 7.99. The zero-order chi connectivity index (χ0) is 10.9. The summed E-state index contributed by atoms with van der Waals surface area (Å²) in [5, 5.41) is 0. The lowest BCUT2D eigenvalue weighted by molar-refractivity contribution is 0.481. The molecule has 0 heterocycles. The maximum Gasteiger partial charge on any atom is 0.160 e. The van der Waals surface area contributed by atoms with Crippen LogP contribution in [0.2, 0.25) is 0 Å². The van der Waals surface area contributed by atoms with E-state index in [1.807, 2.05) is 20.8 Å². The Balaban J connectivity index is 5.28. The molecular weight excluding hydrogens is 184 g/mol. The van der Waals surface area contributed by atoms with Crippen molar-refractivity contribution < 1.29 is 8.42 Å². The molecule has 0 radical (unpaired) electrons. The summed E-state index contributed by atoms with van der Waals surface area (Å²) in [6.07, 6.45) is 1.37. The third-order valence-corrected chi connectivity index (χ3v) is 6.44. The Morgan fingerprint density at radius 2 is 1.23 bits per heavy atom. The average molecular weight is 206 g/mol. The lowest BCUT2D eigenvalue weighted by atomic mass is 10.1. The highest BCUT2D eigenvalue weighted by Gasteiger charge is 2.43. The van der Waals surface area contributed by atoms with Gasteiger partial charge in [0.25, 0.3) is 0 Å². The molecule has 0 aliphatic heterocycles. The summed E-state index contributed by atoms with van der Waals surface area (Å²) in [6, 6.07) is 0. The summed E-state index contributed by atoms with van der Waals surface area (Å²) in [5.41, 5.74) is 0. The van der Waals surface area contributed by atoms with Crippen molar-refractivity contribution in [1.29, 1.82) is 0 Å². The van der Waals surface area contributed by atoms with E-state index < -0.39 is 19.3 Å². The smallest absolute Gasteiger partial charge is 0.160 e. The Hall–Kier alpha value is -0.0500. The first-order valence-corrected chi connectivity index (χ1v) is 6.35. The van der Waals surface area contributed by atoms with Gasteiger partial charge in [-0.25, -0.2) is 8.42 Å². The van der Waals surface area contributed by atoms with E-state index in [0.29, 0.717) is 12.8 Å². The molecule has 0 aromatic carbocycles. The third-order valence-electron chi connectivity index (χ3n) is 2.95. The summed E-state index contributed by atoms with van der Waals surface area (Å²) in [5.74, 6) is 0. The minimum atomic E-state index is -3.04. The lowest BCUT2D eigenvalue weighted by Crippen LogP contribution is -2.45. The Labute approximate surface area is 82.6 Å². The fourth-order valence-corrected chi connectivity index (χ4v) is 3.61. The lowest BCUT2D eigenvalue weighted by Gasteiger charge is -2.34. The van der Waals surface area contributed by atoms with E-state index in [1.165, 1.54) is 0 Å². The first-order valence-electron chi connectivity index (χ1n) is 4.86.